The molecule has 10 heavy (non-hydrogen) atoms. The molecule has 0 saturated carbocycles. The van der Waals surface area contributed by atoms with Crippen molar-refractivity contribution in [2.24, 2.45) is 0 Å². The lowest BCUT2D eigenvalue weighted by atomic mass is 10.1. The molecule has 0 heterocycles. The van der Waals surface area contributed by atoms with Gasteiger partial charge in [0.15, 0.2) is 0 Å². The molecule has 0 fully saturated rings. The van der Waals surface area contributed by atoms with Gasteiger partial charge in [-0.3, -0.25) is 0 Å². The molecule has 0 aromatic carbocycles. The van der Waals surface area contributed by atoms with Crippen molar-refractivity contribution in [2.75, 3.05) is 0 Å². The third kappa shape index (κ3) is 3.23. The van der Waals surface area contributed by atoms with Gasteiger partial charge in [0.05, 0.1) is 0 Å². The van der Waals surface area contributed by atoms with Gasteiger partial charge >= 0.3 is 0 Å². The second-order valence-corrected chi connectivity index (χ2v) is 2.62. The molecule has 0 rings (SSSR count). The zero-order valence-corrected chi connectivity index (χ0v) is 6.99. The zero-order valence-electron chi connectivity index (χ0n) is 6.99. The normalized spacial score (nSPS) is 12.3. The molecule has 1 heteroatoms. The molecule has 0 aliphatic carbocycles. The van der Waals surface area contributed by atoms with Crippen molar-refractivity contribution in [1.82, 2.24) is 0 Å². The van der Waals surface area contributed by atoms with Crippen molar-refractivity contribution in [2.45, 2.75) is 27.2 Å². The number of allylic oxidation sites excluding steroid dienone is 3. The summed E-state index contributed by atoms with van der Waals surface area (Å²) in [6.45, 7) is 9.54. The van der Waals surface area contributed by atoms with Crippen LogP contribution in [0.2, 0.25) is 0 Å². The second-order valence-electron chi connectivity index (χ2n) is 2.62. The quantitative estimate of drug-likeness (QED) is 0.457. The highest BCUT2D eigenvalue weighted by molar-refractivity contribution is 5.81. The minimum Gasteiger partial charge on any atom is -0.310 e. The van der Waals surface area contributed by atoms with Gasteiger partial charge in [-0.05, 0) is 20.8 Å². The fourth-order valence-electron chi connectivity index (χ4n) is 0.711. The number of hydrogen-bond donors (Lipinski definition) is 1. The van der Waals surface area contributed by atoms with Crippen molar-refractivity contribution >= 4 is 5.71 Å². The second kappa shape index (κ2) is 4.04. The Morgan fingerprint density at radius 2 is 1.90 bits per heavy atom. The minimum atomic E-state index is 0.707. The summed E-state index contributed by atoms with van der Waals surface area (Å²) in [5.74, 6) is 0. The molecule has 0 aromatic rings. The smallest absolute Gasteiger partial charge is 0.00987 e. The molecule has 1 N–H and O–H groups in total. The van der Waals surface area contributed by atoms with E-state index in [0.29, 0.717) is 5.71 Å². The van der Waals surface area contributed by atoms with Gasteiger partial charge < -0.3 is 5.41 Å². The van der Waals surface area contributed by atoms with Gasteiger partial charge in [-0.25, -0.2) is 0 Å². The lowest BCUT2D eigenvalue weighted by Crippen LogP contribution is -1.90. The molecule has 0 unspecified atom stereocenters. The highest BCUT2D eigenvalue weighted by Crippen LogP contribution is 2.08. The van der Waals surface area contributed by atoms with Crippen LogP contribution in [0.15, 0.2) is 23.8 Å². The van der Waals surface area contributed by atoms with Gasteiger partial charge in [-0.15, -0.1) is 0 Å². The largest absolute Gasteiger partial charge is 0.310 e. The molecule has 1 nitrogen and oxygen atoms in total. The highest BCUT2D eigenvalue weighted by Gasteiger charge is 1.93. The lowest BCUT2D eigenvalue weighted by Gasteiger charge is -2.00. The van der Waals surface area contributed by atoms with Crippen LogP contribution in [0.3, 0.4) is 0 Å². The van der Waals surface area contributed by atoms with Crippen molar-refractivity contribution in [1.29, 1.82) is 5.41 Å². The van der Waals surface area contributed by atoms with Crippen LogP contribution in [0, 0.1) is 5.41 Å². The molecule has 0 saturated heterocycles. The maximum atomic E-state index is 7.22. The molecular formula is C9H15N. The van der Waals surface area contributed by atoms with Crippen LogP contribution in [0.1, 0.15) is 27.2 Å². The molecule has 0 bridgehead atoms. The number of rotatable bonds is 3. The predicted molar refractivity (Wildman–Crippen MR) is 46.6 cm³/mol. The molecular weight excluding hydrogens is 122 g/mol. The molecule has 0 aliphatic heterocycles. The predicted octanol–water partition coefficient (Wildman–Crippen LogP) is 2.94. The fourth-order valence-corrected chi connectivity index (χ4v) is 0.711. The van der Waals surface area contributed by atoms with Gasteiger partial charge in [-0.1, -0.05) is 23.8 Å². The zero-order chi connectivity index (χ0) is 8.15. The Morgan fingerprint density at radius 1 is 1.40 bits per heavy atom. The average Bonchev–Trinajstić information content (AvgIpc) is 1.85. The van der Waals surface area contributed by atoms with Crippen LogP contribution in [0.4, 0.5) is 0 Å². The van der Waals surface area contributed by atoms with Crippen LogP contribution in [-0.4, -0.2) is 5.71 Å². The summed E-state index contributed by atoms with van der Waals surface area (Å²) in [5.41, 5.74) is 3.13. The van der Waals surface area contributed by atoms with E-state index in [9.17, 15) is 0 Å². The van der Waals surface area contributed by atoms with Gasteiger partial charge in [0.2, 0.25) is 0 Å². The van der Waals surface area contributed by atoms with E-state index in [1.54, 1.807) is 0 Å². The topological polar surface area (TPSA) is 23.9 Å². The van der Waals surface area contributed by atoms with Gasteiger partial charge in [0, 0.05) is 12.1 Å². The van der Waals surface area contributed by atoms with E-state index < -0.39 is 0 Å². The summed E-state index contributed by atoms with van der Waals surface area (Å²) in [4.78, 5) is 0. The molecule has 0 atom stereocenters. The van der Waals surface area contributed by atoms with Crippen LogP contribution in [0.25, 0.3) is 0 Å². The standard InChI is InChI=1S/C9H15N/c1-5-7(2)8(3)6-9(4)10/h5,10H,1,6H2,2-4H3. The number of nitrogens with one attached hydrogen (secondary N) is 1. The Morgan fingerprint density at radius 3 is 2.20 bits per heavy atom. The molecule has 0 radical (unpaired) electrons. The summed E-state index contributed by atoms with van der Waals surface area (Å²) >= 11 is 0. The van der Waals surface area contributed by atoms with Crippen molar-refractivity contribution < 1.29 is 0 Å². The monoisotopic (exact) mass is 137 g/mol. The number of hydrogen-bond acceptors (Lipinski definition) is 1. The van der Waals surface area contributed by atoms with Gasteiger partial charge in [-0.2, -0.15) is 0 Å². The minimum absolute atomic E-state index is 0.707. The Bertz CT molecular complexity index is 175. The molecule has 56 valence electrons. The van der Waals surface area contributed by atoms with E-state index in [0.717, 1.165) is 6.42 Å². The first-order valence-electron chi connectivity index (χ1n) is 3.40. The fraction of sp³-hybridized carbons (Fsp3) is 0.444. The molecule has 0 aliphatic rings. The summed E-state index contributed by atoms with van der Waals surface area (Å²) in [6, 6.07) is 0. The summed E-state index contributed by atoms with van der Waals surface area (Å²) in [6.07, 6.45) is 2.61. The third-order valence-corrected chi connectivity index (χ3v) is 1.51. The van der Waals surface area contributed by atoms with Gasteiger partial charge in [0.1, 0.15) is 0 Å². The van der Waals surface area contributed by atoms with E-state index in [1.165, 1.54) is 11.1 Å². The average molecular weight is 137 g/mol. The summed E-state index contributed by atoms with van der Waals surface area (Å²) in [7, 11) is 0. The van der Waals surface area contributed by atoms with E-state index in [1.807, 2.05) is 26.8 Å². The lowest BCUT2D eigenvalue weighted by molar-refractivity contribution is 1.18. The van der Waals surface area contributed by atoms with E-state index in [4.69, 9.17) is 5.41 Å². The molecule has 0 amide bonds. The highest BCUT2D eigenvalue weighted by atomic mass is 14.4. The first-order valence-corrected chi connectivity index (χ1v) is 3.40. The first kappa shape index (κ1) is 9.15. The summed E-state index contributed by atoms with van der Waals surface area (Å²) in [5, 5.41) is 7.22. The van der Waals surface area contributed by atoms with E-state index >= 15 is 0 Å². The molecule has 0 aromatic heterocycles. The van der Waals surface area contributed by atoms with Crippen molar-refractivity contribution in [3.8, 4) is 0 Å². The van der Waals surface area contributed by atoms with E-state index in [-0.39, 0.29) is 0 Å². The Kier molecular flexibility index (Phi) is 3.70. The van der Waals surface area contributed by atoms with Crippen LogP contribution >= 0.6 is 0 Å². The van der Waals surface area contributed by atoms with E-state index in [2.05, 4.69) is 6.58 Å². The first-order chi connectivity index (χ1) is 4.57. The Hall–Kier alpha value is -0.850. The maximum Gasteiger partial charge on any atom is 0.00987 e. The van der Waals surface area contributed by atoms with Crippen LogP contribution in [0.5, 0.6) is 0 Å². The SMILES string of the molecule is C=CC(C)=C(C)CC(C)=N. The van der Waals surface area contributed by atoms with Crippen molar-refractivity contribution in [3.05, 3.63) is 23.8 Å². The van der Waals surface area contributed by atoms with Gasteiger partial charge in [0.25, 0.3) is 0 Å². The third-order valence-electron chi connectivity index (χ3n) is 1.51. The van der Waals surface area contributed by atoms with Crippen molar-refractivity contribution in [3.63, 3.8) is 0 Å². The summed E-state index contributed by atoms with van der Waals surface area (Å²) < 4.78 is 0. The van der Waals surface area contributed by atoms with Crippen LogP contribution < -0.4 is 0 Å². The van der Waals surface area contributed by atoms with Crippen LogP contribution in [-0.2, 0) is 0 Å². The Balaban J connectivity index is 4.18. The molecule has 0 spiro atoms. The maximum absolute atomic E-state index is 7.22. The Labute approximate surface area is 63.0 Å².